The van der Waals surface area contributed by atoms with Crippen LogP contribution < -0.4 is 14.8 Å². The summed E-state index contributed by atoms with van der Waals surface area (Å²) in [7, 11) is 3.60. The van der Waals surface area contributed by atoms with Crippen molar-refractivity contribution >= 4 is 17.8 Å². The third-order valence-electron chi connectivity index (χ3n) is 8.60. The number of likely N-dealkylation sites (tertiary alicyclic amines) is 1. The van der Waals surface area contributed by atoms with Crippen molar-refractivity contribution in [1.29, 1.82) is 0 Å². The van der Waals surface area contributed by atoms with Crippen LogP contribution in [0.4, 0.5) is 0 Å². The molecule has 0 saturated carbocycles. The number of hydrogen-bond donors (Lipinski definition) is 3. The molecular weight excluding hydrogens is 480 g/mol. The number of hydrogen-bond acceptors (Lipinski definition) is 8. The molecule has 3 N–H and O–H groups in total. The first-order chi connectivity index (χ1) is 17.5. The summed E-state index contributed by atoms with van der Waals surface area (Å²) in [4.78, 5) is 38.6. The van der Waals surface area contributed by atoms with Gasteiger partial charge in [0.05, 0.1) is 24.5 Å². The van der Waals surface area contributed by atoms with Gasteiger partial charge in [0.15, 0.2) is 17.6 Å². The first kappa shape index (κ1) is 25.5. The number of nitrogens with one attached hydrogen (secondary N) is 1. The minimum atomic E-state index is -1.12. The Morgan fingerprint density at radius 2 is 2.03 bits per heavy atom. The lowest BCUT2D eigenvalue weighted by molar-refractivity contribution is -0.169. The quantitative estimate of drug-likeness (QED) is 0.441. The number of rotatable bonds is 8. The van der Waals surface area contributed by atoms with Crippen LogP contribution in [0.15, 0.2) is 24.0 Å². The van der Waals surface area contributed by atoms with E-state index in [0.29, 0.717) is 36.5 Å². The second-order valence-electron chi connectivity index (χ2n) is 10.9. The fourth-order valence-electron chi connectivity index (χ4n) is 6.75. The van der Waals surface area contributed by atoms with E-state index in [4.69, 9.17) is 14.2 Å². The summed E-state index contributed by atoms with van der Waals surface area (Å²) in [5.74, 6) is -1.09. The van der Waals surface area contributed by atoms with Crippen LogP contribution in [0, 0.1) is 5.92 Å². The molecule has 1 amide bonds. The second-order valence-corrected chi connectivity index (χ2v) is 10.9. The summed E-state index contributed by atoms with van der Waals surface area (Å²) in [5, 5.41) is 23.9. The standard InChI is InChI=1S/C27H34N2O8/c1-14(2)22(25(32)33)28-19(30)7-8-20(31)36-17-9-10-27(34)18-13-15-5-6-16(35-4)23-21(15)26(27,24(17)37-23)11-12-29(18)3/h5-6,9,14,18,22,24,34H,7-8,10-13H2,1-4H3,(H,28,30)(H,32,33)/t18?,22-,24-,26-,27+/m0/s1. The molecule has 2 aliphatic heterocycles. The maximum atomic E-state index is 12.8. The van der Waals surface area contributed by atoms with Crippen molar-refractivity contribution in [3.63, 3.8) is 0 Å². The van der Waals surface area contributed by atoms with Crippen molar-refractivity contribution < 1.29 is 38.8 Å². The zero-order valence-electron chi connectivity index (χ0n) is 21.6. The number of nitrogens with zero attached hydrogens (tertiary/aromatic N) is 1. The van der Waals surface area contributed by atoms with Crippen LogP contribution in [0.3, 0.4) is 0 Å². The summed E-state index contributed by atoms with van der Waals surface area (Å²) in [6.07, 6.45) is 2.22. The molecule has 200 valence electrons. The third-order valence-corrected chi connectivity index (χ3v) is 8.60. The zero-order valence-corrected chi connectivity index (χ0v) is 21.6. The van der Waals surface area contributed by atoms with Gasteiger partial charge >= 0.3 is 11.9 Å². The molecule has 0 radical (unpaired) electrons. The van der Waals surface area contributed by atoms with E-state index in [-0.39, 0.29) is 24.8 Å². The van der Waals surface area contributed by atoms with Crippen LogP contribution in [0.25, 0.3) is 0 Å². The smallest absolute Gasteiger partial charge is 0.326 e. The lowest BCUT2D eigenvalue weighted by Gasteiger charge is -2.61. The van der Waals surface area contributed by atoms with Crippen molar-refractivity contribution in [3.05, 3.63) is 35.1 Å². The Kier molecular flexibility index (Phi) is 6.23. The van der Waals surface area contributed by atoms with E-state index in [9.17, 15) is 24.6 Å². The van der Waals surface area contributed by atoms with Gasteiger partial charge in [0.25, 0.3) is 0 Å². The Bertz CT molecular complexity index is 1180. The minimum Gasteiger partial charge on any atom is -0.493 e. The molecule has 5 rings (SSSR count). The van der Waals surface area contributed by atoms with Crippen molar-refractivity contribution in [2.24, 2.45) is 5.92 Å². The van der Waals surface area contributed by atoms with Crippen molar-refractivity contribution in [2.75, 3.05) is 20.7 Å². The monoisotopic (exact) mass is 514 g/mol. The Morgan fingerprint density at radius 1 is 1.27 bits per heavy atom. The van der Waals surface area contributed by atoms with Gasteiger partial charge in [-0.05, 0) is 50.1 Å². The summed E-state index contributed by atoms with van der Waals surface area (Å²) < 4.78 is 17.8. The molecule has 1 fully saturated rings. The molecule has 1 aromatic rings. The molecular formula is C27H34N2O8. The van der Waals surface area contributed by atoms with Gasteiger partial charge in [0, 0.05) is 24.4 Å². The van der Waals surface area contributed by atoms with Gasteiger partial charge in [-0.25, -0.2) is 4.79 Å². The fourth-order valence-corrected chi connectivity index (χ4v) is 6.75. The SMILES string of the molecule is COc1ccc2c3c1O[C@H]1C(OC(=O)CCC(=O)N[C@H](C(=O)O)C(C)C)=CC[C@@]4(O)C(C2)N(C)CC[C@]314. The zero-order chi connectivity index (χ0) is 26.7. The van der Waals surface area contributed by atoms with Gasteiger partial charge in [-0.15, -0.1) is 0 Å². The summed E-state index contributed by atoms with van der Waals surface area (Å²) in [5.41, 5.74) is 0.156. The molecule has 10 nitrogen and oxygen atoms in total. The Hall–Kier alpha value is -3.11. The predicted octanol–water partition coefficient (Wildman–Crippen LogP) is 1.52. The highest BCUT2D eigenvalue weighted by Crippen LogP contribution is 2.65. The maximum Gasteiger partial charge on any atom is 0.326 e. The van der Waals surface area contributed by atoms with Gasteiger partial charge in [-0.1, -0.05) is 19.9 Å². The molecule has 37 heavy (non-hydrogen) atoms. The van der Waals surface area contributed by atoms with E-state index in [2.05, 4.69) is 10.2 Å². The predicted molar refractivity (Wildman–Crippen MR) is 131 cm³/mol. The largest absolute Gasteiger partial charge is 0.493 e. The molecule has 0 aromatic heterocycles. The van der Waals surface area contributed by atoms with E-state index in [1.165, 1.54) is 0 Å². The van der Waals surface area contributed by atoms with Gasteiger partial charge in [-0.2, -0.15) is 0 Å². The number of ether oxygens (including phenoxy) is 3. The number of carbonyl (C=O) groups is 3. The lowest BCUT2D eigenvalue weighted by Crippen LogP contribution is -2.74. The molecule has 2 heterocycles. The summed E-state index contributed by atoms with van der Waals surface area (Å²) in [6, 6.07) is 2.76. The number of benzene rings is 1. The van der Waals surface area contributed by atoms with E-state index in [1.54, 1.807) is 27.0 Å². The Labute approximate surface area is 215 Å². The van der Waals surface area contributed by atoms with Gasteiger partial charge < -0.3 is 34.6 Å². The van der Waals surface area contributed by atoms with E-state index in [0.717, 1.165) is 17.7 Å². The molecule has 4 aliphatic rings. The average molecular weight is 515 g/mol. The number of carbonyl (C=O) groups excluding carboxylic acids is 2. The number of piperidine rings is 1. The highest BCUT2D eigenvalue weighted by atomic mass is 16.6. The molecule has 1 unspecified atom stereocenters. The molecule has 5 atom stereocenters. The molecule has 1 saturated heterocycles. The van der Waals surface area contributed by atoms with E-state index >= 15 is 0 Å². The Morgan fingerprint density at radius 3 is 2.70 bits per heavy atom. The topological polar surface area (TPSA) is 135 Å². The number of carboxylic acid groups (broad SMARTS) is 1. The average Bonchev–Trinajstić information content (AvgIpc) is 3.20. The normalized spacial score (nSPS) is 30.1. The summed E-state index contributed by atoms with van der Waals surface area (Å²) >= 11 is 0. The van der Waals surface area contributed by atoms with Gasteiger partial charge in [0.2, 0.25) is 5.91 Å². The third kappa shape index (κ3) is 3.72. The first-order valence-corrected chi connectivity index (χ1v) is 12.8. The van der Waals surface area contributed by atoms with Crippen molar-refractivity contribution in [3.8, 4) is 11.5 Å². The molecule has 10 heteroatoms. The molecule has 2 bridgehead atoms. The minimum absolute atomic E-state index is 0.112. The van der Waals surface area contributed by atoms with Crippen LogP contribution in [-0.2, 0) is 31.0 Å². The second kappa shape index (κ2) is 9.02. The Balaban J connectivity index is 1.38. The van der Waals surface area contributed by atoms with Crippen molar-refractivity contribution in [2.45, 2.75) is 75.2 Å². The van der Waals surface area contributed by atoms with Gasteiger partial charge in [-0.3, -0.25) is 9.59 Å². The van der Waals surface area contributed by atoms with Crippen molar-refractivity contribution in [1.82, 2.24) is 10.2 Å². The number of aliphatic hydroxyl groups is 1. The van der Waals surface area contributed by atoms with E-state index < -0.39 is 41.0 Å². The first-order valence-electron chi connectivity index (χ1n) is 12.8. The molecule has 1 spiro atoms. The van der Waals surface area contributed by atoms with Gasteiger partial charge in [0.1, 0.15) is 11.8 Å². The summed E-state index contributed by atoms with van der Waals surface area (Å²) in [6.45, 7) is 4.15. The lowest BCUT2D eigenvalue weighted by atomic mass is 9.50. The van der Waals surface area contributed by atoms with Crippen LogP contribution in [-0.4, -0.2) is 77.4 Å². The number of carboxylic acids is 1. The van der Waals surface area contributed by atoms with Crippen LogP contribution in [0.1, 0.15) is 50.7 Å². The molecule has 2 aliphatic carbocycles. The number of aliphatic carboxylic acids is 1. The highest BCUT2D eigenvalue weighted by molar-refractivity contribution is 5.86. The van der Waals surface area contributed by atoms with Crippen LogP contribution >= 0.6 is 0 Å². The van der Waals surface area contributed by atoms with Crippen LogP contribution in [0.5, 0.6) is 11.5 Å². The number of amides is 1. The highest BCUT2D eigenvalue weighted by Gasteiger charge is 2.72. The van der Waals surface area contributed by atoms with Crippen LogP contribution in [0.2, 0.25) is 0 Å². The fraction of sp³-hybridized carbons (Fsp3) is 0.593. The number of likely N-dealkylation sites (N-methyl/N-ethyl adjacent to an activating group) is 1. The maximum absolute atomic E-state index is 12.8. The number of methoxy groups -OCH3 is 1. The van der Waals surface area contributed by atoms with E-state index in [1.807, 2.05) is 19.2 Å². The molecule has 1 aromatic carbocycles. The number of esters is 1.